The number of hydrogen-bond donors (Lipinski definition) is 2. The number of fused-ring (bicyclic) bond motifs is 1. The zero-order valence-corrected chi connectivity index (χ0v) is 12.9. The second kappa shape index (κ2) is 5.78. The van der Waals surface area contributed by atoms with Crippen LogP contribution in [0.1, 0.15) is 45.6 Å². The number of aliphatic hydroxyl groups is 1. The summed E-state index contributed by atoms with van der Waals surface area (Å²) in [6, 6.07) is 9.09. The van der Waals surface area contributed by atoms with Gasteiger partial charge in [-0.2, -0.15) is 5.10 Å². The van der Waals surface area contributed by atoms with Crippen LogP contribution in [-0.4, -0.2) is 33.1 Å². The first-order valence-electron chi connectivity index (χ1n) is 7.94. The Kier molecular flexibility index (Phi) is 4.00. The third kappa shape index (κ3) is 2.83. The molecule has 4 heteroatoms. The van der Waals surface area contributed by atoms with Crippen molar-refractivity contribution in [3.63, 3.8) is 0 Å². The van der Waals surface area contributed by atoms with Gasteiger partial charge in [-0.25, -0.2) is 0 Å². The number of para-hydroxylation sites is 1. The van der Waals surface area contributed by atoms with Crippen molar-refractivity contribution >= 4 is 10.9 Å². The molecular weight excluding hydrogens is 262 g/mol. The molecule has 114 valence electrons. The number of aliphatic hydroxyl groups excluding tert-OH is 1. The Morgan fingerprint density at radius 1 is 1.43 bits per heavy atom. The van der Waals surface area contributed by atoms with E-state index >= 15 is 0 Å². The second-order valence-electron chi connectivity index (χ2n) is 6.64. The van der Waals surface area contributed by atoms with Crippen molar-refractivity contribution < 1.29 is 5.11 Å². The van der Waals surface area contributed by atoms with Gasteiger partial charge in [0.15, 0.2) is 0 Å². The van der Waals surface area contributed by atoms with Crippen LogP contribution in [0.4, 0.5) is 0 Å². The highest BCUT2D eigenvalue weighted by Gasteiger charge is 2.37. The van der Waals surface area contributed by atoms with Gasteiger partial charge in [-0.05, 0) is 31.7 Å². The maximum absolute atomic E-state index is 9.93. The molecule has 2 unspecified atom stereocenters. The molecule has 1 heterocycles. The minimum absolute atomic E-state index is 0.163. The molecule has 2 atom stereocenters. The summed E-state index contributed by atoms with van der Waals surface area (Å²) in [6.45, 7) is 4.48. The lowest BCUT2D eigenvalue weighted by molar-refractivity contribution is 0.0884. The summed E-state index contributed by atoms with van der Waals surface area (Å²) in [4.78, 5) is 0. The fourth-order valence-electron chi connectivity index (χ4n) is 3.76. The Hall–Kier alpha value is -1.39. The molecule has 0 radical (unpaired) electrons. The molecule has 0 amide bonds. The number of hydrogen-bond acceptors (Lipinski definition) is 3. The molecule has 1 saturated carbocycles. The van der Waals surface area contributed by atoms with Crippen molar-refractivity contribution in [3.05, 3.63) is 30.5 Å². The van der Waals surface area contributed by atoms with Gasteiger partial charge in [0.25, 0.3) is 0 Å². The number of aromatic nitrogens is 2. The Morgan fingerprint density at radius 3 is 3.00 bits per heavy atom. The van der Waals surface area contributed by atoms with Gasteiger partial charge in [-0.15, -0.1) is 0 Å². The van der Waals surface area contributed by atoms with Crippen LogP contribution >= 0.6 is 0 Å². The summed E-state index contributed by atoms with van der Waals surface area (Å²) in [7, 11) is 0. The molecule has 0 saturated heterocycles. The van der Waals surface area contributed by atoms with Crippen molar-refractivity contribution in [2.45, 2.75) is 57.2 Å². The molecule has 1 aromatic heterocycles. The van der Waals surface area contributed by atoms with Gasteiger partial charge in [-0.1, -0.05) is 32.0 Å². The minimum Gasteiger partial charge on any atom is -0.394 e. The molecule has 3 rings (SSSR count). The topological polar surface area (TPSA) is 50.1 Å². The maximum atomic E-state index is 9.93. The molecule has 1 fully saturated rings. The quantitative estimate of drug-likeness (QED) is 0.909. The Morgan fingerprint density at radius 2 is 2.24 bits per heavy atom. The predicted octanol–water partition coefficient (Wildman–Crippen LogP) is 2.88. The first-order chi connectivity index (χ1) is 10.1. The smallest absolute Gasteiger partial charge is 0.0685 e. The molecule has 0 aliphatic heterocycles. The second-order valence-corrected chi connectivity index (χ2v) is 6.64. The summed E-state index contributed by atoms with van der Waals surface area (Å²) in [5, 5.41) is 19.3. The van der Waals surface area contributed by atoms with Gasteiger partial charge >= 0.3 is 0 Å². The van der Waals surface area contributed by atoms with Crippen molar-refractivity contribution in [2.24, 2.45) is 0 Å². The van der Waals surface area contributed by atoms with E-state index in [0.29, 0.717) is 12.1 Å². The summed E-state index contributed by atoms with van der Waals surface area (Å²) in [5.41, 5.74) is 1.03. The Bertz CT molecular complexity index is 607. The molecule has 2 N–H and O–H groups in total. The standard InChI is InChI=1S/C17H25N3O/c1-13(2)19-17(12-21)9-5-7-15(10-17)20-16-8-4-3-6-14(16)11-18-20/h3-4,6,8,11,13,15,19,21H,5,7,9-10,12H2,1-2H3. The molecular formula is C17H25N3O. The van der Waals surface area contributed by atoms with E-state index in [1.54, 1.807) is 0 Å². The molecule has 1 aliphatic rings. The number of benzene rings is 1. The van der Waals surface area contributed by atoms with Crippen LogP contribution in [0.3, 0.4) is 0 Å². The first-order valence-corrected chi connectivity index (χ1v) is 7.94. The summed E-state index contributed by atoms with van der Waals surface area (Å²) < 4.78 is 2.15. The van der Waals surface area contributed by atoms with Crippen LogP contribution in [0.25, 0.3) is 10.9 Å². The summed E-state index contributed by atoms with van der Waals surface area (Å²) in [6.07, 6.45) is 6.18. The molecule has 0 spiro atoms. The SMILES string of the molecule is CC(C)NC1(CO)CCCC(n2ncc3ccccc32)C1. The van der Waals surface area contributed by atoms with Crippen LogP contribution in [0.5, 0.6) is 0 Å². The average Bonchev–Trinajstić information content (AvgIpc) is 2.91. The molecule has 4 nitrogen and oxygen atoms in total. The lowest BCUT2D eigenvalue weighted by Crippen LogP contribution is -2.54. The van der Waals surface area contributed by atoms with E-state index in [-0.39, 0.29) is 12.1 Å². The lowest BCUT2D eigenvalue weighted by atomic mass is 9.79. The molecule has 0 bridgehead atoms. The van der Waals surface area contributed by atoms with Gasteiger partial charge in [-0.3, -0.25) is 4.68 Å². The molecule has 2 aromatic rings. The normalized spacial score (nSPS) is 26.6. The predicted molar refractivity (Wildman–Crippen MR) is 85.3 cm³/mol. The van der Waals surface area contributed by atoms with Crippen LogP contribution in [-0.2, 0) is 0 Å². The van der Waals surface area contributed by atoms with Gasteiger partial charge in [0.1, 0.15) is 0 Å². The monoisotopic (exact) mass is 287 g/mol. The fourth-order valence-corrected chi connectivity index (χ4v) is 3.76. The van der Waals surface area contributed by atoms with E-state index in [0.717, 1.165) is 25.7 Å². The molecule has 21 heavy (non-hydrogen) atoms. The largest absolute Gasteiger partial charge is 0.394 e. The summed E-state index contributed by atoms with van der Waals surface area (Å²) >= 11 is 0. The zero-order valence-electron chi connectivity index (χ0n) is 12.9. The van der Waals surface area contributed by atoms with Gasteiger partial charge in [0, 0.05) is 17.0 Å². The maximum Gasteiger partial charge on any atom is 0.0685 e. The zero-order chi connectivity index (χ0) is 14.9. The number of nitrogens with zero attached hydrogens (tertiary/aromatic N) is 2. The first kappa shape index (κ1) is 14.5. The average molecular weight is 287 g/mol. The van der Waals surface area contributed by atoms with Crippen molar-refractivity contribution in [2.75, 3.05) is 6.61 Å². The van der Waals surface area contributed by atoms with E-state index in [4.69, 9.17) is 0 Å². The molecule has 1 aromatic carbocycles. The van der Waals surface area contributed by atoms with Crippen LogP contribution < -0.4 is 5.32 Å². The fraction of sp³-hybridized carbons (Fsp3) is 0.588. The van der Waals surface area contributed by atoms with Crippen molar-refractivity contribution in [3.8, 4) is 0 Å². The molecule has 1 aliphatic carbocycles. The van der Waals surface area contributed by atoms with E-state index < -0.39 is 0 Å². The third-order valence-corrected chi connectivity index (χ3v) is 4.57. The highest BCUT2D eigenvalue weighted by atomic mass is 16.3. The highest BCUT2D eigenvalue weighted by Crippen LogP contribution is 2.36. The van der Waals surface area contributed by atoms with E-state index in [2.05, 4.69) is 47.1 Å². The van der Waals surface area contributed by atoms with Gasteiger partial charge in [0.05, 0.1) is 24.4 Å². The number of nitrogens with one attached hydrogen (secondary N) is 1. The van der Waals surface area contributed by atoms with Gasteiger partial charge in [0.2, 0.25) is 0 Å². The van der Waals surface area contributed by atoms with E-state index in [1.165, 1.54) is 10.9 Å². The van der Waals surface area contributed by atoms with E-state index in [1.807, 2.05) is 12.3 Å². The minimum atomic E-state index is -0.163. The Balaban J connectivity index is 1.88. The van der Waals surface area contributed by atoms with E-state index in [9.17, 15) is 5.11 Å². The lowest BCUT2D eigenvalue weighted by Gasteiger charge is -2.42. The van der Waals surface area contributed by atoms with Gasteiger partial charge < -0.3 is 10.4 Å². The van der Waals surface area contributed by atoms with Crippen LogP contribution in [0, 0.1) is 0 Å². The third-order valence-electron chi connectivity index (χ3n) is 4.57. The van der Waals surface area contributed by atoms with Crippen LogP contribution in [0.15, 0.2) is 30.5 Å². The Labute approximate surface area is 126 Å². The van der Waals surface area contributed by atoms with Crippen molar-refractivity contribution in [1.29, 1.82) is 0 Å². The van der Waals surface area contributed by atoms with Crippen molar-refractivity contribution in [1.82, 2.24) is 15.1 Å². The number of rotatable bonds is 4. The highest BCUT2D eigenvalue weighted by molar-refractivity contribution is 5.78. The van der Waals surface area contributed by atoms with Crippen LogP contribution in [0.2, 0.25) is 0 Å². The summed E-state index contributed by atoms with van der Waals surface area (Å²) in [5.74, 6) is 0.